The second kappa shape index (κ2) is 2.51. The van der Waals surface area contributed by atoms with E-state index in [1.54, 1.807) is 0 Å². The van der Waals surface area contributed by atoms with Crippen LogP contribution in [0.5, 0.6) is 0 Å². The number of nitrogens with one attached hydrogen (secondary N) is 1. The number of rotatable bonds is 1. The van der Waals surface area contributed by atoms with E-state index in [1.165, 1.54) is 0 Å². The molecule has 0 radical (unpaired) electrons. The molecule has 1 rings (SSSR count). The van der Waals surface area contributed by atoms with Crippen molar-refractivity contribution in [3.05, 3.63) is 5.69 Å². The standard InChI is InChI=1S/C7H11N3Si/c1-5-6-7(9-10-8-6)11(2,3)4/h1H,2-4H3,(H,8,9,10). The molecule has 0 spiro atoms. The molecule has 0 unspecified atom stereocenters. The van der Waals surface area contributed by atoms with Crippen LogP contribution >= 0.6 is 0 Å². The first-order chi connectivity index (χ1) is 5.05. The second-order valence-corrected chi connectivity index (χ2v) is 8.39. The van der Waals surface area contributed by atoms with Crippen LogP contribution in [0.25, 0.3) is 0 Å². The van der Waals surface area contributed by atoms with Crippen LogP contribution in [0.1, 0.15) is 5.69 Å². The quantitative estimate of drug-likeness (QED) is 0.481. The fraction of sp³-hybridized carbons (Fsp3) is 0.429. The SMILES string of the molecule is C#Cc1n[nH]nc1[Si](C)(C)C. The van der Waals surface area contributed by atoms with Crippen molar-refractivity contribution in [3.63, 3.8) is 0 Å². The van der Waals surface area contributed by atoms with Gasteiger partial charge in [-0.15, -0.1) is 11.5 Å². The molecule has 0 amide bonds. The number of H-pyrrole nitrogens is 1. The zero-order chi connectivity index (χ0) is 8.48. The van der Waals surface area contributed by atoms with Gasteiger partial charge in [-0.1, -0.05) is 19.6 Å². The summed E-state index contributed by atoms with van der Waals surface area (Å²) < 4.78 is 0. The summed E-state index contributed by atoms with van der Waals surface area (Å²) >= 11 is 0. The average molecular weight is 165 g/mol. The van der Waals surface area contributed by atoms with Gasteiger partial charge in [0, 0.05) is 0 Å². The lowest BCUT2D eigenvalue weighted by Gasteiger charge is -2.10. The van der Waals surface area contributed by atoms with Gasteiger partial charge < -0.3 is 0 Å². The minimum Gasteiger partial charge on any atom is -0.197 e. The van der Waals surface area contributed by atoms with E-state index < -0.39 is 8.07 Å². The minimum absolute atomic E-state index is 0.671. The van der Waals surface area contributed by atoms with Crippen LogP contribution in [0.4, 0.5) is 0 Å². The molecule has 1 aromatic rings. The fourth-order valence-electron chi connectivity index (χ4n) is 0.854. The van der Waals surface area contributed by atoms with E-state index in [4.69, 9.17) is 6.42 Å². The van der Waals surface area contributed by atoms with Crippen molar-refractivity contribution in [2.75, 3.05) is 0 Å². The molecule has 3 nitrogen and oxygen atoms in total. The predicted molar refractivity (Wildman–Crippen MR) is 47.3 cm³/mol. The molecule has 0 fully saturated rings. The van der Waals surface area contributed by atoms with Crippen LogP contribution in [0, 0.1) is 12.3 Å². The number of nitrogens with zero attached hydrogens (tertiary/aromatic N) is 2. The van der Waals surface area contributed by atoms with Gasteiger partial charge in [-0.2, -0.15) is 10.3 Å². The van der Waals surface area contributed by atoms with E-state index >= 15 is 0 Å². The van der Waals surface area contributed by atoms with Gasteiger partial charge in [-0.3, -0.25) is 0 Å². The molecule has 1 N–H and O–H groups in total. The summed E-state index contributed by atoms with van der Waals surface area (Å²) in [6.07, 6.45) is 5.24. The van der Waals surface area contributed by atoms with Crippen LogP contribution in [0.2, 0.25) is 19.6 Å². The van der Waals surface area contributed by atoms with Gasteiger partial charge in [0.1, 0.15) is 8.07 Å². The zero-order valence-corrected chi connectivity index (χ0v) is 7.97. The Bertz CT molecular complexity index is 289. The van der Waals surface area contributed by atoms with Crippen LogP contribution in [-0.4, -0.2) is 23.5 Å². The first-order valence-corrected chi connectivity index (χ1v) is 6.93. The maximum absolute atomic E-state index is 5.24. The Morgan fingerprint density at radius 2 is 2.00 bits per heavy atom. The van der Waals surface area contributed by atoms with Crippen molar-refractivity contribution in [1.82, 2.24) is 15.4 Å². The molecule has 11 heavy (non-hydrogen) atoms. The molecular formula is C7H11N3Si. The Labute approximate surface area is 67.2 Å². The van der Waals surface area contributed by atoms with Crippen molar-refractivity contribution in [1.29, 1.82) is 0 Å². The van der Waals surface area contributed by atoms with Crippen molar-refractivity contribution in [2.45, 2.75) is 19.6 Å². The maximum Gasteiger partial charge on any atom is 0.153 e. The highest BCUT2D eigenvalue weighted by Gasteiger charge is 2.23. The Hall–Kier alpha value is -1.08. The molecule has 1 aromatic heterocycles. The molecule has 0 aliphatic carbocycles. The van der Waals surface area contributed by atoms with Gasteiger partial charge in [0.05, 0.1) is 5.32 Å². The van der Waals surface area contributed by atoms with Crippen molar-refractivity contribution < 1.29 is 0 Å². The summed E-state index contributed by atoms with van der Waals surface area (Å²) in [6, 6.07) is 0. The first-order valence-electron chi connectivity index (χ1n) is 3.43. The lowest BCUT2D eigenvalue weighted by atomic mass is 10.5. The lowest BCUT2D eigenvalue weighted by molar-refractivity contribution is 0.941. The lowest BCUT2D eigenvalue weighted by Crippen LogP contribution is -2.40. The van der Waals surface area contributed by atoms with Gasteiger partial charge in [0.25, 0.3) is 0 Å². The fourth-order valence-corrected chi connectivity index (χ4v) is 2.08. The van der Waals surface area contributed by atoms with E-state index in [1.807, 2.05) is 0 Å². The van der Waals surface area contributed by atoms with Gasteiger partial charge in [-0.05, 0) is 5.92 Å². The third-order valence-corrected chi connectivity index (χ3v) is 3.16. The first kappa shape index (κ1) is 8.02. The topological polar surface area (TPSA) is 41.6 Å². The third-order valence-electron chi connectivity index (χ3n) is 1.40. The van der Waals surface area contributed by atoms with Crippen LogP contribution < -0.4 is 5.32 Å². The number of aromatic amines is 1. The van der Waals surface area contributed by atoms with E-state index in [2.05, 4.69) is 41.0 Å². The summed E-state index contributed by atoms with van der Waals surface area (Å²) in [5, 5.41) is 11.4. The minimum atomic E-state index is -1.39. The summed E-state index contributed by atoms with van der Waals surface area (Å²) in [5.41, 5.74) is 0.671. The molecule has 0 atom stereocenters. The highest BCUT2D eigenvalue weighted by molar-refractivity contribution is 6.88. The van der Waals surface area contributed by atoms with Crippen molar-refractivity contribution >= 4 is 13.4 Å². The number of hydrogen-bond donors (Lipinski definition) is 1. The average Bonchev–Trinajstić information content (AvgIpc) is 2.31. The van der Waals surface area contributed by atoms with E-state index in [0.717, 1.165) is 5.32 Å². The highest BCUT2D eigenvalue weighted by Crippen LogP contribution is 2.00. The summed E-state index contributed by atoms with van der Waals surface area (Å²) in [6.45, 7) is 6.56. The molecule has 4 heteroatoms. The van der Waals surface area contributed by atoms with Crippen LogP contribution in [-0.2, 0) is 0 Å². The normalized spacial score (nSPS) is 11.1. The Kier molecular flexibility index (Phi) is 1.83. The van der Waals surface area contributed by atoms with E-state index in [9.17, 15) is 0 Å². The third kappa shape index (κ3) is 1.49. The molecule has 0 saturated heterocycles. The summed E-state index contributed by atoms with van der Waals surface area (Å²) in [4.78, 5) is 0. The molecule has 0 bridgehead atoms. The van der Waals surface area contributed by atoms with Gasteiger partial charge in [-0.25, -0.2) is 0 Å². The number of hydrogen-bond acceptors (Lipinski definition) is 2. The smallest absolute Gasteiger partial charge is 0.153 e. The molecule has 0 saturated carbocycles. The Morgan fingerprint density at radius 3 is 2.36 bits per heavy atom. The Morgan fingerprint density at radius 1 is 1.36 bits per heavy atom. The van der Waals surface area contributed by atoms with Gasteiger partial charge >= 0.3 is 0 Å². The number of aromatic nitrogens is 3. The van der Waals surface area contributed by atoms with Crippen molar-refractivity contribution in [3.8, 4) is 12.3 Å². The number of terminal acetylenes is 1. The predicted octanol–water partition coefficient (Wildman–Crippen LogP) is 0.331. The molecule has 0 aliphatic heterocycles. The van der Waals surface area contributed by atoms with Crippen molar-refractivity contribution in [2.24, 2.45) is 0 Å². The van der Waals surface area contributed by atoms with E-state index in [0.29, 0.717) is 5.69 Å². The molecule has 0 aromatic carbocycles. The monoisotopic (exact) mass is 165 g/mol. The van der Waals surface area contributed by atoms with E-state index in [-0.39, 0.29) is 0 Å². The zero-order valence-electron chi connectivity index (χ0n) is 6.97. The molecule has 1 heterocycles. The Balaban J connectivity index is 3.15. The van der Waals surface area contributed by atoms with Gasteiger partial charge in [0.15, 0.2) is 5.69 Å². The highest BCUT2D eigenvalue weighted by atomic mass is 28.3. The van der Waals surface area contributed by atoms with Gasteiger partial charge in [0.2, 0.25) is 0 Å². The molecular weight excluding hydrogens is 154 g/mol. The van der Waals surface area contributed by atoms with Crippen LogP contribution in [0.3, 0.4) is 0 Å². The van der Waals surface area contributed by atoms with Crippen LogP contribution in [0.15, 0.2) is 0 Å². The largest absolute Gasteiger partial charge is 0.197 e. The molecule has 58 valence electrons. The second-order valence-electron chi connectivity index (χ2n) is 3.42. The summed E-state index contributed by atoms with van der Waals surface area (Å²) in [7, 11) is -1.39. The summed E-state index contributed by atoms with van der Waals surface area (Å²) in [5.74, 6) is 2.51. The molecule has 0 aliphatic rings. The maximum atomic E-state index is 5.24.